The normalized spacial score (nSPS) is 10.7. The van der Waals surface area contributed by atoms with Crippen molar-refractivity contribution < 1.29 is 4.79 Å². The molecule has 0 aliphatic heterocycles. The lowest BCUT2D eigenvalue weighted by Gasteiger charge is -2.06. The molecule has 0 saturated carbocycles. The predicted octanol–water partition coefficient (Wildman–Crippen LogP) is 3.64. The van der Waals surface area contributed by atoms with Gasteiger partial charge in [-0.3, -0.25) is 14.0 Å². The molecule has 0 aliphatic rings. The summed E-state index contributed by atoms with van der Waals surface area (Å²) in [5.41, 5.74) is 1.26. The highest BCUT2D eigenvalue weighted by atomic mass is 32.1. The van der Waals surface area contributed by atoms with Gasteiger partial charge in [-0.25, -0.2) is 0 Å². The van der Waals surface area contributed by atoms with Crippen molar-refractivity contribution in [1.29, 1.82) is 5.26 Å². The number of fused-ring (bicyclic) bond motifs is 3. The van der Waals surface area contributed by atoms with Crippen LogP contribution in [0, 0.1) is 11.3 Å². The van der Waals surface area contributed by atoms with Gasteiger partial charge in [-0.05, 0) is 30.3 Å². The van der Waals surface area contributed by atoms with Gasteiger partial charge >= 0.3 is 0 Å². The van der Waals surface area contributed by atoms with E-state index in [-0.39, 0.29) is 17.2 Å². The lowest BCUT2D eigenvalue weighted by atomic mass is 10.2. The minimum absolute atomic E-state index is 0.0893. The van der Waals surface area contributed by atoms with Crippen molar-refractivity contribution in [2.24, 2.45) is 0 Å². The first kappa shape index (κ1) is 15.1. The molecule has 6 heteroatoms. The maximum absolute atomic E-state index is 12.9. The third kappa shape index (κ3) is 2.47. The van der Waals surface area contributed by atoms with Crippen LogP contribution < -0.4 is 10.9 Å². The molecule has 0 radical (unpaired) electrons. The van der Waals surface area contributed by atoms with Crippen molar-refractivity contribution in [2.75, 3.05) is 5.32 Å². The van der Waals surface area contributed by atoms with E-state index in [1.165, 1.54) is 21.8 Å². The van der Waals surface area contributed by atoms with Crippen LogP contribution >= 0.6 is 11.3 Å². The van der Waals surface area contributed by atoms with E-state index < -0.39 is 0 Å². The molecule has 4 aromatic rings. The number of nitrogens with one attached hydrogen (secondary N) is 1. The lowest BCUT2D eigenvalue weighted by molar-refractivity contribution is 0.102. The summed E-state index contributed by atoms with van der Waals surface area (Å²) in [5.74, 6) is -0.388. The van der Waals surface area contributed by atoms with Crippen molar-refractivity contribution in [3.63, 3.8) is 0 Å². The summed E-state index contributed by atoms with van der Waals surface area (Å²) in [7, 11) is 0. The smallest absolute Gasteiger partial charge is 0.280 e. The number of carbonyl (C=O) groups excluding carboxylic acids is 1. The number of nitrogens with zero attached hydrogens (tertiary/aromatic N) is 2. The standard InChI is InChI=1S/C19H11N3O2S/c20-11-13-10-14(21-17(23)12-6-2-1-3-7-12)18(24)22-15-8-4-5-9-16(15)25-19(13)22/h1-10H,(H,21,23). The van der Waals surface area contributed by atoms with Crippen molar-refractivity contribution >= 4 is 38.0 Å². The van der Waals surface area contributed by atoms with Gasteiger partial charge in [-0.2, -0.15) is 5.26 Å². The Morgan fingerprint density at radius 2 is 1.80 bits per heavy atom. The van der Waals surface area contributed by atoms with E-state index in [0.717, 1.165) is 10.2 Å². The van der Waals surface area contributed by atoms with Gasteiger partial charge in [0.2, 0.25) is 0 Å². The molecule has 2 aromatic carbocycles. The molecule has 0 spiro atoms. The second kappa shape index (κ2) is 5.89. The number of hydrogen-bond acceptors (Lipinski definition) is 4. The van der Waals surface area contributed by atoms with Gasteiger partial charge in [0.05, 0.1) is 15.8 Å². The monoisotopic (exact) mass is 345 g/mol. The molecule has 0 aliphatic carbocycles. The molecule has 1 amide bonds. The highest BCUT2D eigenvalue weighted by molar-refractivity contribution is 7.24. The minimum atomic E-state index is -0.388. The van der Waals surface area contributed by atoms with E-state index in [0.29, 0.717) is 16.0 Å². The highest BCUT2D eigenvalue weighted by Gasteiger charge is 2.16. The molecule has 0 atom stereocenters. The number of rotatable bonds is 2. The Morgan fingerprint density at radius 1 is 1.08 bits per heavy atom. The van der Waals surface area contributed by atoms with Crippen LogP contribution in [0.1, 0.15) is 15.9 Å². The number of thiazole rings is 1. The van der Waals surface area contributed by atoms with E-state index in [1.807, 2.05) is 30.3 Å². The van der Waals surface area contributed by atoms with Crippen molar-refractivity contribution in [1.82, 2.24) is 4.40 Å². The molecular weight excluding hydrogens is 334 g/mol. The average Bonchev–Trinajstić information content (AvgIpc) is 3.04. The summed E-state index contributed by atoms with van der Waals surface area (Å²) in [6.45, 7) is 0. The van der Waals surface area contributed by atoms with Crippen LogP contribution in [0.2, 0.25) is 0 Å². The highest BCUT2D eigenvalue weighted by Crippen LogP contribution is 2.28. The van der Waals surface area contributed by atoms with E-state index in [2.05, 4.69) is 11.4 Å². The van der Waals surface area contributed by atoms with Crippen LogP contribution in [-0.2, 0) is 0 Å². The van der Waals surface area contributed by atoms with Crippen LogP contribution in [0.15, 0.2) is 65.5 Å². The molecule has 120 valence electrons. The van der Waals surface area contributed by atoms with E-state index in [1.54, 1.807) is 24.3 Å². The molecular formula is C19H11N3O2S. The Labute approximate surface area is 146 Å². The van der Waals surface area contributed by atoms with Crippen molar-refractivity contribution in [3.8, 4) is 6.07 Å². The molecule has 0 bridgehead atoms. The molecule has 0 saturated heterocycles. The fourth-order valence-corrected chi connectivity index (χ4v) is 3.81. The number of nitriles is 1. The molecule has 5 nitrogen and oxygen atoms in total. The Kier molecular flexibility index (Phi) is 3.56. The van der Waals surface area contributed by atoms with Crippen LogP contribution in [0.4, 0.5) is 5.69 Å². The Hall–Kier alpha value is -3.43. The SMILES string of the molecule is N#Cc1cc(NC(=O)c2ccccc2)c(=O)n2c1sc1ccccc12. The van der Waals surface area contributed by atoms with Crippen LogP contribution in [0.5, 0.6) is 0 Å². The van der Waals surface area contributed by atoms with Gasteiger partial charge in [0.1, 0.15) is 16.6 Å². The first-order chi connectivity index (χ1) is 12.2. The summed E-state index contributed by atoms with van der Waals surface area (Å²) >= 11 is 1.38. The number of aromatic nitrogens is 1. The van der Waals surface area contributed by atoms with Crippen molar-refractivity contribution in [2.45, 2.75) is 0 Å². The van der Waals surface area contributed by atoms with E-state index in [9.17, 15) is 14.9 Å². The average molecular weight is 345 g/mol. The van der Waals surface area contributed by atoms with Gasteiger partial charge in [0.25, 0.3) is 11.5 Å². The summed E-state index contributed by atoms with van der Waals surface area (Å²) in [5, 5.41) is 12.1. The summed E-state index contributed by atoms with van der Waals surface area (Å²) < 4.78 is 2.39. The van der Waals surface area contributed by atoms with Crippen LogP contribution in [0.3, 0.4) is 0 Å². The first-order valence-electron chi connectivity index (χ1n) is 7.53. The third-order valence-electron chi connectivity index (χ3n) is 3.87. The van der Waals surface area contributed by atoms with Gasteiger partial charge in [0.15, 0.2) is 0 Å². The molecule has 0 unspecified atom stereocenters. The van der Waals surface area contributed by atoms with Gasteiger partial charge in [-0.15, -0.1) is 11.3 Å². The molecule has 0 fully saturated rings. The quantitative estimate of drug-likeness (QED) is 0.603. The van der Waals surface area contributed by atoms with Gasteiger partial charge in [0, 0.05) is 5.56 Å². The molecule has 4 rings (SSSR count). The Bertz CT molecular complexity index is 1220. The second-order valence-electron chi connectivity index (χ2n) is 5.42. The first-order valence-corrected chi connectivity index (χ1v) is 8.34. The number of amides is 1. The zero-order chi connectivity index (χ0) is 17.4. The maximum Gasteiger partial charge on any atom is 0.280 e. The summed E-state index contributed by atoms with van der Waals surface area (Å²) in [6.07, 6.45) is 0. The number of hydrogen-bond donors (Lipinski definition) is 1. The predicted molar refractivity (Wildman–Crippen MR) is 98.2 cm³/mol. The van der Waals surface area contributed by atoms with Crippen LogP contribution in [-0.4, -0.2) is 10.3 Å². The van der Waals surface area contributed by atoms with E-state index in [4.69, 9.17) is 0 Å². The topological polar surface area (TPSA) is 74.4 Å². The molecule has 25 heavy (non-hydrogen) atoms. The molecule has 1 N–H and O–H groups in total. The summed E-state index contributed by atoms with van der Waals surface area (Å²) in [6, 6.07) is 19.6. The van der Waals surface area contributed by atoms with Crippen LogP contribution in [0.25, 0.3) is 15.0 Å². The Morgan fingerprint density at radius 3 is 2.56 bits per heavy atom. The maximum atomic E-state index is 12.9. The van der Waals surface area contributed by atoms with Gasteiger partial charge < -0.3 is 5.32 Å². The minimum Gasteiger partial charge on any atom is -0.317 e. The zero-order valence-corrected chi connectivity index (χ0v) is 13.7. The molecule has 2 heterocycles. The number of para-hydroxylation sites is 1. The van der Waals surface area contributed by atoms with Gasteiger partial charge in [-0.1, -0.05) is 30.3 Å². The third-order valence-corrected chi connectivity index (χ3v) is 5.03. The Balaban J connectivity index is 1.92. The number of anilines is 1. The number of carbonyl (C=O) groups is 1. The fourth-order valence-electron chi connectivity index (χ4n) is 2.71. The number of benzene rings is 2. The lowest BCUT2D eigenvalue weighted by Crippen LogP contribution is -2.22. The summed E-state index contributed by atoms with van der Waals surface area (Å²) in [4.78, 5) is 25.8. The largest absolute Gasteiger partial charge is 0.317 e. The van der Waals surface area contributed by atoms with E-state index >= 15 is 0 Å². The fraction of sp³-hybridized carbons (Fsp3) is 0. The molecule has 2 aromatic heterocycles. The second-order valence-corrected chi connectivity index (χ2v) is 6.45. The zero-order valence-electron chi connectivity index (χ0n) is 12.9. The number of pyridine rings is 1. The van der Waals surface area contributed by atoms with Crippen molar-refractivity contribution in [3.05, 3.63) is 82.1 Å².